The van der Waals surface area contributed by atoms with E-state index in [1.54, 1.807) is 36.4 Å². The number of rotatable bonds is 13. The lowest BCUT2D eigenvalue weighted by Gasteiger charge is -2.32. The molecule has 0 saturated heterocycles. The molecule has 0 spiro atoms. The number of amides is 2. The zero-order chi connectivity index (χ0) is 26.9. The maximum absolute atomic E-state index is 13.5. The Balaban J connectivity index is 2.26. The molecule has 0 saturated carbocycles. The number of ether oxygens (including phenoxy) is 1. The summed E-state index contributed by atoms with van der Waals surface area (Å²) in [5.74, 6) is -0.0696. The number of methoxy groups -OCH3 is 1. The molecule has 10 heteroatoms. The van der Waals surface area contributed by atoms with E-state index in [0.717, 1.165) is 11.8 Å². The van der Waals surface area contributed by atoms with Crippen molar-refractivity contribution >= 4 is 39.1 Å². The number of hydrogen-bond acceptors (Lipinski definition) is 5. The highest BCUT2D eigenvalue weighted by molar-refractivity contribution is 7.92. The summed E-state index contributed by atoms with van der Waals surface area (Å²) < 4.78 is 31.7. The van der Waals surface area contributed by atoms with Crippen molar-refractivity contribution in [2.24, 2.45) is 0 Å². The van der Waals surface area contributed by atoms with Gasteiger partial charge in [-0.05, 0) is 50.5 Å². The molecule has 0 aliphatic carbocycles. The molecule has 2 aromatic carbocycles. The predicted molar refractivity (Wildman–Crippen MR) is 144 cm³/mol. The van der Waals surface area contributed by atoms with Gasteiger partial charge >= 0.3 is 0 Å². The Morgan fingerprint density at radius 3 is 2.31 bits per heavy atom. The van der Waals surface area contributed by atoms with Crippen LogP contribution in [0.5, 0.6) is 5.75 Å². The molecule has 1 N–H and O–H groups in total. The van der Waals surface area contributed by atoms with E-state index in [9.17, 15) is 18.0 Å². The first-order valence-corrected chi connectivity index (χ1v) is 14.2. The number of carbonyl (C=O) groups is 2. The van der Waals surface area contributed by atoms with E-state index < -0.39 is 16.1 Å². The normalized spacial score (nSPS) is 12.2. The quantitative estimate of drug-likeness (QED) is 0.412. The van der Waals surface area contributed by atoms with Crippen molar-refractivity contribution in [3.8, 4) is 5.75 Å². The van der Waals surface area contributed by atoms with E-state index in [1.807, 2.05) is 32.9 Å². The fraction of sp³-hybridized carbons (Fsp3) is 0.462. The maximum Gasteiger partial charge on any atom is 0.243 e. The molecule has 2 aromatic rings. The molecule has 0 bridgehead atoms. The molecular formula is C26H36ClN3O5S. The number of para-hydroxylation sites is 2. The lowest BCUT2D eigenvalue weighted by atomic mass is 10.1. The number of sulfonamides is 1. The Labute approximate surface area is 219 Å². The third-order valence-corrected chi connectivity index (χ3v) is 7.17. The van der Waals surface area contributed by atoms with Crippen molar-refractivity contribution in [2.75, 3.05) is 24.2 Å². The van der Waals surface area contributed by atoms with Gasteiger partial charge in [0.25, 0.3) is 0 Å². The summed E-state index contributed by atoms with van der Waals surface area (Å²) in [7, 11) is -2.15. The molecule has 0 aliphatic rings. The van der Waals surface area contributed by atoms with E-state index in [1.165, 1.54) is 16.3 Å². The van der Waals surface area contributed by atoms with Crippen LogP contribution in [0.25, 0.3) is 0 Å². The van der Waals surface area contributed by atoms with E-state index in [2.05, 4.69) is 5.32 Å². The summed E-state index contributed by atoms with van der Waals surface area (Å²) in [5, 5.41) is 3.40. The average molecular weight is 538 g/mol. The van der Waals surface area contributed by atoms with E-state index >= 15 is 0 Å². The topological polar surface area (TPSA) is 96.0 Å². The SMILES string of the molecule is CC[C@H](C(=O)NC(C)C)N(Cc1ccccc1Cl)C(=O)CCCN(c1ccccc1OC)S(C)(=O)=O. The Hall–Kier alpha value is -2.78. The van der Waals surface area contributed by atoms with Crippen molar-refractivity contribution in [2.45, 2.75) is 58.7 Å². The summed E-state index contributed by atoms with van der Waals surface area (Å²) in [6.45, 7) is 5.83. The summed E-state index contributed by atoms with van der Waals surface area (Å²) >= 11 is 6.35. The number of nitrogens with zero attached hydrogens (tertiary/aromatic N) is 2. The molecule has 36 heavy (non-hydrogen) atoms. The number of hydrogen-bond donors (Lipinski definition) is 1. The Kier molecular flexibility index (Phi) is 11.0. The summed E-state index contributed by atoms with van der Waals surface area (Å²) in [6.07, 6.45) is 1.85. The van der Waals surface area contributed by atoms with Crippen LogP contribution >= 0.6 is 11.6 Å². The second-order valence-electron chi connectivity index (χ2n) is 8.81. The standard InChI is InChI=1S/C26H36ClN3O5S/c1-6-22(26(32)28-19(2)3)29(18-20-12-7-8-13-21(20)27)25(31)16-11-17-30(36(5,33)34)23-14-9-10-15-24(23)35-4/h7-10,12-15,19,22H,6,11,16-18H2,1-5H3,(H,28,32)/t22-/m1/s1. The van der Waals surface area contributed by atoms with Gasteiger partial charge in [-0.25, -0.2) is 8.42 Å². The Bertz CT molecular complexity index is 1140. The van der Waals surface area contributed by atoms with Crippen LogP contribution in [0.4, 0.5) is 5.69 Å². The fourth-order valence-electron chi connectivity index (χ4n) is 3.93. The molecule has 0 unspecified atom stereocenters. The molecule has 0 fully saturated rings. The number of halogens is 1. The van der Waals surface area contributed by atoms with E-state index in [4.69, 9.17) is 16.3 Å². The van der Waals surface area contributed by atoms with Crippen LogP contribution in [-0.2, 0) is 26.2 Å². The first kappa shape index (κ1) is 29.5. The van der Waals surface area contributed by atoms with Crippen LogP contribution in [0.15, 0.2) is 48.5 Å². The maximum atomic E-state index is 13.5. The molecule has 198 valence electrons. The van der Waals surface area contributed by atoms with E-state index in [0.29, 0.717) is 22.9 Å². The van der Waals surface area contributed by atoms with Gasteiger partial charge < -0.3 is 15.0 Å². The molecule has 2 rings (SSSR count). The highest BCUT2D eigenvalue weighted by Crippen LogP contribution is 2.30. The molecule has 1 atom stereocenters. The van der Waals surface area contributed by atoms with Gasteiger partial charge in [0.2, 0.25) is 21.8 Å². The van der Waals surface area contributed by atoms with Gasteiger partial charge in [0.05, 0.1) is 19.1 Å². The molecular weight excluding hydrogens is 502 g/mol. The Morgan fingerprint density at radius 2 is 1.72 bits per heavy atom. The van der Waals surface area contributed by atoms with Crippen LogP contribution in [0.2, 0.25) is 5.02 Å². The van der Waals surface area contributed by atoms with Gasteiger partial charge in [0, 0.05) is 30.6 Å². The smallest absolute Gasteiger partial charge is 0.243 e. The minimum atomic E-state index is -3.62. The highest BCUT2D eigenvalue weighted by atomic mass is 35.5. The summed E-state index contributed by atoms with van der Waals surface area (Å²) in [5.41, 5.74) is 1.14. The third-order valence-electron chi connectivity index (χ3n) is 5.62. The van der Waals surface area contributed by atoms with Crippen LogP contribution in [0.3, 0.4) is 0 Å². The van der Waals surface area contributed by atoms with Gasteiger partial charge in [-0.3, -0.25) is 13.9 Å². The molecule has 0 aliphatic heterocycles. The van der Waals surface area contributed by atoms with Crippen LogP contribution in [-0.4, -0.2) is 57.1 Å². The second-order valence-corrected chi connectivity index (χ2v) is 11.1. The summed E-state index contributed by atoms with van der Waals surface area (Å²) in [6, 6.07) is 13.3. The first-order valence-electron chi connectivity index (χ1n) is 11.9. The van der Waals surface area contributed by atoms with Gasteiger partial charge in [0.1, 0.15) is 11.8 Å². The number of nitrogens with one attached hydrogen (secondary N) is 1. The minimum Gasteiger partial charge on any atom is -0.495 e. The van der Waals surface area contributed by atoms with Crippen molar-refractivity contribution in [1.82, 2.24) is 10.2 Å². The molecule has 8 nitrogen and oxygen atoms in total. The molecule has 0 aromatic heterocycles. The van der Waals surface area contributed by atoms with Crippen LogP contribution in [0, 0.1) is 0 Å². The second kappa shape index (κ2) is 13.5. The predicted octanol–water partition coefficient (Wildman–Crippen LogP) is 4.23. The number of benzene rings is 2. The monoisotopic (exact) mass is 537 g/mol. The van der Waals surface area contributed by atoms with Crippen molar-refractivity contribution in [3.63, 3.8) is 0 Å². The highest BCUT2D eigenvalue weighted by Gasteiger charge is 2.29. The lowest BCUT2D eigenvalue weighted by Crippen LogP contribution is -2.50. The van der Waals surface area contributed by atoms with Crippen LogP contribution < -0.4 is 14.4 Å². The van der Waals surface area contributed by atoms with Gasteiger partial charge in [-0.15, -0.1) is 0 Å². The Morgan fingerprint density at radius 1 is 1.08 bits per heavy atom. The fourth-order valence-corrected chi connectivity index (χ4v) is 5.09. The summed E-state index contributed by atoms with van der Waals surface area (Å²) in [4.78, 5) is 27.9. The minimum absolute atomic E-state index is 0.0527. The zero-order valence-electron chi connectivity index (χ0n) is 21.5. The average Bonchev–Trinajstić information content (AvgIpc) is 2.81. The molecule has 2 amide bonds. The van der Waals surface area contributed by atoms with Gasteiger partial charge in [-0.1, -0.05) is 48.9 Å². The van der Waals surface area contributed by atoms with E-state index in [-0.39, 0.29) is 43.8 Å². The van der Waals surface area contributed by atoms with Gasteiger partial charge in [-0.2, -0.15) is 0 Å². The number of anilines is 1. The van der Waals surface area contributed by atoms with Crippen molar-refractivity contribution < 1.29 is 22.7 Å². The third kappa shape index (κ3) is 8.13. The molecule has 0 radical (unpaired) electrons. The van der Waals surface area contributed by atoms with Crippen LogP contribution in [0.1, 0.15) is 45.6 Å². The zero-order valence-corrected chi connectivity index (χ0v) is 23.1. The van der Waals surface area contributed by atoms with Crippen molar-refractivity contribution in [1.29, 1.82) is 0 Å². The lowest BCUT2D eigenvalue weighted by molar-refractivity contribution is -0.141. The first-order chi connectivity index (χ1) is 17.0. The van der Waals surface area contributed by atoms with Gasteiger partial charge in [0.15, 0.2) is 0 Å². The van der Waals surface area contributed by atoms with Crippen molar-refractivity contribution in [3.05, 3.63) is 59.1 Å². The largest absolute Gasteiger partial charge is 0.495 e. The molecule has 0 heterocycles. The number of carbonyl (C=O) groups excluding carboxylic acids is 2.